The van der Waals surface area contributed by atoms with Crippen molar-refractivity contribution >= 4 is 17.3 Å². The van der Waals surface area contributed by atoms with Crippen LogP contribution in [0.2, 0.25) is 0 Å². The summed E-state index contributed by atoms with van der Waals surface area (Å²) >= 11 is 6.50. The molecule has 1 unspecified atom stereocenters. The van der Waals surface area contributed by atoms with Crippen LogP contribution in [0.25, 0.3) is 10.4 Å². The molecule has 1 atom stereocenters. The number of alkyl halides is 1. The summed E-state index contributed by atoms with van der Waals surface area (Å²) in [7, 11) is 0. The van der Waals surface area contributed by atoms with Gasteiger partial charge >= 0.3 is 0 Å². The predicted octanol–water partition coefficient (Wildman–Crippen LogP) is 4.33. The highest BCUT2D eigenvalue weighted by molar-refractivity contribution is 6.35. The molecule has 16 heavy (non-hydrogen) atoms. The first-order valence-corrected chi connectivity index (χ1v) is 5.89. The van der Waals surface area contributed by atoms with Crippen molar-refractivity contribution in [2.75, 3.05) is 6.54 Å². The molecular formula is C11H21ClN4. The third-order valence-electron chi connectivity index (χ3n) is 2.38. The summed E-state index contributed by atoms with van der Waals surface area (Å²) in [6.45, 7) is 10.5. The average molecular weight is 245 g/mol. The molecule has 0 aromatic heterocycles. The van der Waals surface area contributed by atoms with Crippen LogP contribution in [-0.2, 0) is 0 Å². The normalized spacial score (nSPS) is 16.5. The Labute approximate surface area is 103 Å². The molecule has 0 amide bonds. The van der Waals surface area contributed by atoms with Crippen LogP contribution >= 0.6 is 11.6 Å². The van der Waals surface area contributed by atoms with Gasteiger partial charge in [0, 0.05) is 17.2 Å². The number of nitrogens with zero attached hydrogens (tertiary/aromatic N) is 4. The summed E-state index contributed by atoms with van der Waals surface area (Å²) in [6.07, 6.45) is 1.40. The van der Waals surface area contributed by atoms with Gasteiger partial charge in [-0.15, -0.1) is 11.6 Å². The van der Waals surface area contributed by atoms with Gasteiger partial charge in [0.05, 0.1) is 10.4 Å². The van der Waals surface area contributed by atoms with Crippen LogP contribution in [0, 0.1) is 0 Å². The molecule has 0 heterocycles. The highest BCUT2D eigenvalue weighted by Gasteiger charge is 2.29. The summed E-state index contributed by atoms with van der Waals surface area (Å²) < 4.78 is 0. The van der Waals surface area contributed by atoms with Gasteiger partial charge in [-0.1, -0.05) is 12.0 Å². The largest absolute Gasteiger partial charge is 0.287 e. The molecule has 0 aliphatic carbocycles. The van der Waals surface area contributed by atoms with Crippen LogP contribution in [0.3, 0.4) is 0 Å². The molecule has 0 aliphatic rings. The Morgan fingerprint density at radius 3 is 2.31 bits per heavy atom. The van der Waals surface area contributed by atoms with E-state index in [4.69, 9.17) is 17.1 Å². The Bertz CT molecular complexity index is 300. The van der Waals surface area contributed by atoms with Gasteiger partial charge < -0.3 is 0 Å². The lowest BCUT2D eigenvalue weighted by atomic mass is 9.95. The summed E-state index contributed by atoms with van der Waals surface area (Å²) in [4.78, 5) is 6.83. The van der Waals surface area contributed by atoms with Crippen LogP contribution in [0.4, 0.5) is 0 Å². The van der Waals surface area contributed by atoms with E-state index in [0.29, 0.717) is 13.0 Å². The van der Waals surface area contributed by atoms with Crippen LogP contribution in [0.5, 0.6) is 0 Å². The Balaban J connectivity index is 4.80. The van der Waals surface area contributed by atoms with E-state index < -0.39 is 4.87 Å². The van der Waals surface area contributed by atoms with Gasteiger partial charge in [0.2, 0.25) is 0 Å². The van der Waals surface area contributed by atoms with Gasteiger partial charge in [-0.25, -0.2) is 0 Å². The molecule has 0 spiro atoms. The molecule has 0 aromatic carbocycles. The van der Waals surface area contributed by atoms with Gasteiger partial charge in [-0.05, 0) is 46.1 Å². The SMILES string of the molecule is CCC(Cl)(CCN=[N+]=[N-])C(C)=NC(C)(C)C. The maximum atomic E-state index is 8.25. The van der Waals surface area contributed by atoms with Crippen LogP contribution in [0.1, 0.15) is 47.5 Å². The Hall–Kier alpha value is -0.730. The van der Waals surface area contributed by atoms with E-state index in [1.165, 1.54) is 0 Å². The Morgan fingerprint density at radius 1 is 1.38 bits per heavy atom. The minimum Gasteiger partial charge on any atom is -0.287 e. The van der Waals surface area contributed by atoms with E-state index in [9.17, 15) is 0 Å². The minimum atomic E-state index is -0.485. The van der Waals surface area contributed by atoms with Gasteiger partial charge in [0.25, 0.3) is 0 Å². The van der Waals surface area contributed by atoms with Crippen molar-refractivity contribution in [3.05, 3.63) is 10.4 Å². The third-order valence-corrected chi connectivity index (χ3v) is 3.11. The highest BCUT2D eigenvalue weighted by atomic mass is 35.5. The van der Waals surface area contributed by atoms with E-state index in [1.807, 2.05) is 34.6 Å². The molecule has 0 rings (SSSR count). The van der Waals surface area contributed by atoms with Crippen molar-refractivity contribution in [3.63, 3.8) is 0 Å². The van der Waals surface area contributed by atoms with Gasteiger partial charge in [-0.3, -0.25) is 4.99 Å². The second-order valence-electron chi connectivity index (χ2n) is 4.89. The molecule has 0 aromatic rings. The molecule has 5 heteroatoms. The average Bonchev–Trinajstić information content (AvgIpc) is 2.15. The van der Waals surface area contributed by atoms with Crippen molar-refractivity contribution < 1.29 is 0 Å². The van der Waals surface area contributed by atoms with Crippen molar-refractivity contribution in [1.29, 1.82) is 0 Å². The second-order valence-corrected chi connectivity index (χ2v) is 5.61. The van der Waals surface area contributed by atoms with E-state index in [2.05, 4.69) is 15.0 Å². The number of halogens is 1. The molecule has 0 radical (unpaired) electrons. The Morgan fingerprint density at radius 2 is 1.94 bits per heavy atom. The number of rotatable bonds is 5. The van der Waals surface area contributed by atoms with Crippen molar-refractivity contribution in [2.24, 2.45) is 10.1 Å². The molecule has 0 saturated carbocycles. The van der Waals surface area contributed by atoms with Crippen LogP contribution < -0.4 is 0 Å². The zero-order valence-corrected chi connectivity index (χ0v) is 11.5. The minimum absolute atomic E-state index is 0.127. The molecule has 92 valence electrons. The number of hydrogen-bond acceptors (Lipinski definition) is 2. The summed E-state index contributed by atoms with van der Waals surface area (Å²) in [6, 6.07) is 0. The highest BCUT2D eigenvalue weighted by Crippen LogP contribution is 2.28. The molecule has 4 nitrogen and oxygen atoms in total. The maximum absolute atomic E-state index is 8.25. The van der Waals surface area contributed by atoms with Crippen molar-refractivity contribution in [3.8, 4) is 0 Å². The van der Waals surface area contributed by atoms with E-state index in [-0.39, 0.29) is 5.54 Å². The topological polar surface area (TPSA) is 61.1 Å². The first kappa shape index (κ1) is 15.3. The second kappa shape index (κ2) is 6.12. The standard InChI is InChI=1S/C11H21ClN4/c1-6-11(12,7-8-14-16-13)9(2)15-10(3,4)5/h6-8H2,1-5H3. The van der Waals surface area contributed by atoms with Crippen molar-refractivity contribution in [1.82, 2.24) is 0 Å². The predicted molar refractivity (Wildman–Crippen MR) is 70.4 cm³/mol. The van der Waals surface area contributed by atoms with Gasteiger partial charge in [-0.2, -0.15) is 0 Å². The fourth-order valence-electron chi connectivity index (χ4n) is 1.49. The zero-order chi connectivity index (χ0) is 12.8. The van der Waals surface area contributed by atoms with E-state index >= 15 is 0 Å². The maximum Gasteiger partial charge on any atom is 0.0818 e. The molecule has 0 N–H and O–H groups in total. The monoisotopic (exact) mass is 244 g/mol. The van der Waals surface area contributed by atoms with Crippen LogP contribution in [0.15, 0.2) is 10.1 Å². The number of azide groups is 1. The Kier molecular flexibility index (Phi) is 5.84. The first-order chi connectivity index (χ1) is 7.25. The summed E-state index contributed by atoms with van der Waals surface area (Å²) in [5.41, 5.74) is 9.03. The van der Waals surface area contributed by atoms with Gasteiger partial charge in [0.15, 0.2) is 0 Å². The van der Waals surface area contributed by atoms with E-state index in [0.717, 1.165) is 12.1 Å². The third kappa shape index (κ3) is 5.38. The molecule has 0 bridgehead atoms. The smallest absolute Gasteiger partial charge is 0.0818 e. The molecular weight excluding hydrogens is 224 g/mol. The van der Waals surface area contributed by atoms with Crippen LogP contribution in [-0.4, -0.2) is 22.7 Å². The first-order valence-electron chi connectivity index (χ1n) is 5.52. The summed E-state index contributed by atoms with van der Waals surface area (Å²) in [5, 5.41) is 3.52. The summed E-state index contributed by atoms with van der Waals surface area (Å²) in [5.74, 6) is 0. The number of aliphatic imine (C=N–C) groups is 1. The molecule has 0 saturated heterocycles. The lowest BCUT2D eigenvalue weighted by Gasteiger charge is -2.27. The lowest BCUT2D eigenvalue weighted by Crippen LogP contribution is -2.33. The lowest BCUT2D eigenvalue weighted by molar-refractivity contribution is 0.565. The number of hydrogen-bond donors (Lipinski definition) is 0. The zero-order valence-electron chi connectivity index (χ0n) is 10.8. The molecule has 0 fully saturated rings. The van der Waals surface area contributed by atoms with Crippen molar-refractivity contribution in [2.45, 2.75) is 57.9 Å². The fraction of sp³-hybridized carbons (Fsp3) is 0.909. The van der Waals surface area contributed by atoms with E-state index in [1.54, 1.807) is 0 Å². The fourth-order valence-corrected chi connectivity index (χ4v) is 1.62. The quantitative estimate of drug-likeness (QED) is 0.227. The molecule has 0 aliphatic heterocycles. The van der Waals surface area contributed by atoms with Gasteiger partial charge in [0.1, 0.15) is 0 Å².